The van der Waals surface area contributed by atoms with Crippen molar-refractivity contribution in [2.24, 2.45) is 10.2 Å². The van der Waals surface area contributed by atoms with E-state index in [0.29, 0.717) is 29.4 Å². The van der Waals surface area contributed by atoms with Crippen LogP contribution >= 0.6 is 0 Å². The van der Waals surface area contributed by atoms with Crippen molar-refractivity contribution in [1.82, 2.24) is 4.57 Å². The van der Waals surface area contributed by atoms with E-state index in [9.17, 15) is 15.2 Å². The van der Waals surface area contributed by atoms with Crippen molar-refractivity contribution >= 4 is 11.4 Å². The van der Waals surface area contributed by atoms with Crippen molar-refractivity contribution in [1.29, 1.82) is 5.26 Å². The van der Waals surface area contributed by atoms with Gasteiger partial charge in [-0.1, -0.05) is 18.2 Å². The molecule has 0 fully saturated rings. The molecule has 2 aromatic carbocycles. The average molecular weight is 448 g/mol. The highest BCUT2D eigenvalue weighted by atomic mass is 16.5. The summed E-state index contributed by atoms with van der Waals surface area (Å²) in [6.45, 7) is 1.67. The van der Waals surface area contributed by atoms with E-state index in [-0.39, 0.29) is 23.4 Å². The molecule has 0 aliphatic rings. The van der Waals surface area contributed by atoms with Gasteiger partial charge in [0.25, 0.3) is 5.56 Å². The van der Waals surface area contributed by atoms with Crippen LogP contribution in [0.15, 0.2) is 57.5 Å². The van der Waals surface area contributed by atoms with Crippen LogP contribution in [0.2, 0.25) is 0 Å². The Bertz CT molecular complexity index is 1290. The first kappa shape index (κ1) is 23.3. The van der Waals surface area contributed by atoms with E-state index >= 15 is 0 Å². The topological polar surface area (TPSA) is 118 Å². The minimum Gasteiger partial charge on any atom is -0.494 e. The van der Waals surface area contributed by atoms with Crippen molar-refractivity contribution < 1.29 is 19.3 Å². The molecule has 0 aliphatic heterocycles. The first-order valence-electron chi connectivity index (χ1n) is 10.1. The lowest BCUT2D eigenvalue weighted by Gasteiger charge is -2.14. The first-order chi connectivity index (χ1) is 15.9. The number of aryl methyl sites for hydroxylation is 1. The third kappa shape index (κ3) is 4.80. The van der Waals surface area contributed by atoms with Crippen molar-refractivity contribution in [2.45, 2.75) is 19.9 Å². The van der Waals surface area contributed by atoms with E-state index in [1.54, 1.807) is 50.4 Å². The third-order valence-electron chi connectivity index (χ3n) is 5.18. The third-order valence-corrected chi connectivity index (χ3v) is 5.18. The van der Waals surface area contributed by atoms with Crippen LogP contribution in [-0.2, 0) is 13.0 Å². The Balaban J connectivity index is 2.00. The number of pyridine rings is 1. The van der Waals surface area contributed by atoms with Gasteiger partial charge in [0.1, 0.15) is 23.1 Å². The molecule has 0 unspecified atom stereocenters. The molecule has 9 heteroatoms. The number of nitrogens with zero attached hydrogens (tertiary/aromatic N) is 4. The number of rotatable bonds is 8. The summed E-state index contributed by atoms with van der Waals surface area (Å²) < 4.78 is 16.9. The molecule has 1 N–H and O–H groups in total. The Morgan fingerprint density at radius 3 is 2.36 bits per heavy atom. The zero-order valence-electron chi connectivity index (χ0n) is 18.8. The monoisotopic (exact) mass is 448 g/mol. The molecule has 0 radical (unpaired) electrons. The highest BCUT2D eigenvalue weighted by Gasteiger charge is 2.19. The molecule has 1 aromatic heterocycles. The van der Waals surface area contributed by atoms with Gasteiger partial charge in [-0.05, 0) is 43.2 Å². The van der Waals surface area contributed by atoms with Gasteiger partial charge in [-0.25, -0.2) is 0 Å². The lowest BCUT2D eigenvalue weighted by Crippen LogP contribution is -2.23. The molecule has 170 valence electrons. The van der Waals surface area contributed by atoms with E-state index in [1.165, 1.54) is 14.2 Å². The number of ether oxygens (including phenoxy) is 3. The molecule has 33 heavy (non-hydrogen) atoms. The molecular weight excluding hydrogens is 424 g/mol. The van der Waals surface area contributed by atoms with Crippen LogP contribution in [0.3, 0.4) is 0 Å². The second-order valence-electron chi connectivity index (χ2n) is 7.05. The molecule has 3 aromatic rings. The number of benzene rings is 2. The van der Waals surface area contributed by atoms with Crippen LogP contribution in [0.4, 0.5) is 11.4 Å². The highest BCUT2D eigenvalue weighted by Crippen LogP contribution is 2.31. The molecule has 0 aliphatic carbocycles. The number of hydrogen-bond acceptors (Lipinski definition) is 8. The molecule has 3 rings (SSSR count). The molecule has 0 atom stereocenters. The molecule has 9 nitrogen and oxygen atoms in total. The van der Waals surface area contributed by atoms with Crippen LogP contribution in [0, 0.1) is 18.3 Å². The van der Waals surface area contributed by atoms with Crippen molar-refractivity contribution in [3.05, 3.63) is 69.5 Å². The predicted molar refractivity (Wildman–Crippen MR) is 122 cm³/mol. The maximum atomic E-state index is 13.2. The van der Waals surface area contributed by atoms with E-state index in [4.69, 9.17) is 14.2 Å². The Morgan fingerprint density at radius 2 is 1.70 bits per heavy atom. The van der Waals surface area contributed by atoms with E-state index in [0.717, 1.165) is 10.1 Å². The predicted octanol–water partition coefficient (Wildman–Crippen LogP) is 4.42. The zero-order chi connectivity index (χ0) is 24.0. The lowest BCUT2D eigenvalue weighted by molar-refractivity contribution is 0.354. The van der Waals surface area contributed by atoms with Gasteiger partial charge < -0.3 is 19.3 Å². The van der Waals surface area contributed by atoms with Gasteiger partial charge in [0, 0.05) is 12.1 Å². The number of para-hydroxylation sites is 1. The van der Waals surface area contributed by atoms with Crippen LogP contribution in [0.1, 0.15) is 16.7 Å². The maximum absolute atomic E-state index is 13.2. The minimum atomic E-state index is -0.553. The maximum Gasteiger partial charge on any atom is 0.281 e. The van der Waals surface area contributed by atoms with Gasteiger partial charge in [-0.3, -0.25) is 9.36 Å². The number of nitriles is 1. The Kier molecular flexibility index (Phi) is 7.31. The van der Waals surface area contributed by atoms with Gasteiger partial charge in [-0.15, -0.1) is 10.2 Å². The van der Waals surface area contributed by atoms with Gasteiger partial charge in [0.2, 0.25) is 5.88 Å². The summed E-state index contributed by atoms with van der Waals surface area (Å²) in [5.41, 5.74) is 0.931. The van der Waals surface area contributed by atoms with Gasteiger partial charge in [0.05, 0.1) is 21.3 Å². The van der Waals surface area contributed by atoms with E-state index in [2.05, 4.69) is 10.2 Å². The van der Waals surface area contributed by atoms with Crippen molar-refractivity contribution in [3.63, 3.8) is 0 Å². The SMILES string of the molecule is COc1ccccc1N=Nc1c(C)c(C#N)c(O)n(CCc2ccc(OC)c(OC)c2)c1=O. The molecule has 0 spiro atoms. The van der Waals surface area contributed by atoms with Crippen LogP contribution < -0.4 is 19.8 Å². The summed E-state index contributed by atoms with van der Waals surface area (Å²) in [6.07, 6.45) is 0.394. The Hall–Kier alpha value is -4.32. The number of aromatic nitrogens is 1. The molecule has 1 heterocycles. The molecule has 0 amide bonds. The molecule has 0 bridgehead atoms. The zero-order valence-corrected chi connectivity index (χ0v) is 18.8. The number of aromatic hydroxyl groups is 1. The van der Waals surface area contributed by atoms with E-state index in [1.807, 2.05) is 12.1 Å². The van der Waals surface area contributed by atoms with Gasteiger partial charge in [-0.2, -0.15) is 5.26 Å². The Labute approximate surface area is 191 Å². The van der Waals surface area contributed by atoms with Gasteiger partial charge in [0.15, 0.2) is 17.2 Å². The molecular formula is C24H24N4O5. The standard InChI is InChI=1S/C24H24N4O5/c1-15-17(14-25)23(29)28(12-11-16-9-10-20(32-3)21(13-16)33-4)24(30)22(15)27-26-18-7-5-6-8-19(18)31-2/h5-10,13,29H,11-12H2,1-4H3. The van der Waals surface area contributed by atoms with E-state index < -0.39 is 11.4 Å². The summed E-state index contributed by atoms with van der Waals surface area (Å²) >= 11 is 0. The average Bonchev–Trinajstić information content (AvgIpc) is 2.84. The first-order valence-corrected chi connectivity index (χ1v) is 10.1. The van der Waals surface area contributed by atoms with Crippen molar-refractivity contribution in [3.8, 4) is 29.2 Å². The summed E-state index contributed by atoms with van der Waals surface area (Å²) in [4.78, 5) is 13.2. The summed E-state index contributed by atoms with van der Waals surface area (Å²) in [7, 11) is 4.59. The minimum absolute atomic E-state index is 0.0254. The Morgan fingerprint density at radius 1 is 1.00 bits per heavy atom. The number of hydrogen-bond donors (Lipinski definition) is 1. The second kappa shape index (κ2) is 10.3. The summed E-state index contributed by atoms with van der Waals surface area (Å²) in [6, 6.07) is 14.3. The summed E-state index contributed by atoms with van der Waals surface area (Å²) in [5.74, 6) is 1.23. The lowest BCUT2D eigenvalue weighted by atomic mass is 10.1. The molecule has 0 saturated carbocycles. The second-order valence-corrected chi connectivity index (χ2v) is 7.05. The normalized spacial score (nSPS) is 10.8. The molecule has 0 saturated heterocycles. The smallest absolute Gasteiger partial charge is 0.281 e. The number of azo groups is 1. The van der Waals surface area contributed by atoms with Crippen LogP contribution in [-0.4, -0.2) is 31.0 Å². The van der Waals surface area contributed by atoms with Crippen molar-refractivity contribution in [2.75, 3.05) is 21.3 Å². The summed E-state index contributed by atoms with van der Waals surface area (Å²) in [5, 5.41) is 28.4. The number of methoxy groups -OCH3 is 3. The fourth-order valence-corrected chi connectivity index (χ4v) is 3.36. The van der Waals surface area contributed by atoms with Crippen LogP contribution in [0.5, 0.6) is 23.1 Å². The largest absolute Gasteiger partial charge is 0.494 e. The highest BCUT2D eigenvalue weighted by molar-refractivity contribution is 5.57. The quantitative estimate of drug-likeness (QED) is 0.510. The fourth-order valence-electron chi connectivity index (χ4n) is 3.36. The van der Waals surface area contributed by atoms with Crippen LogP contribution in [0.25, 0.3) is 0 Å². The van der Waals surface area contributed by atoms with Gasteiger partial charge >= 0.3 is 0 Å². The fraction of sp³-hybridized carbons (Fsp3) is 0.250.